The third-order valence-corrected chi connectivity index (χ3v) is 6.04. The van der Waals surface area contributed by atoms with E-state index < -0.39 is 0 Å². The molecule has 0 saturated carbocycles. The smallest absolute Gasteiger partial charge is 0.177 e. The number of ketones is 1. The second kappa shape index (κ2) is 8.80. The number of aryl methyl sites for hydroxylation is 1. The van der Waals surface area contributed by atoms with E-state index in [0.29, 0.717) is 12.4 Å². The lowest BCUT2D eigenvalue weighted by Gasteiger charge is -2.32. The Morgan fingerprint density at radius 3 is 2.85 bits per heavy atom. The lowest BCUT2D eigenvalue weighted by atomic mass is 9.91. The van der Waals surface area contributed by atoms with Gasteiger partial charge in [-0.3, -0.25) is 9.69 Å². The minimum absolute atomic E-state index is 0.109. The maximum Gasteiger partial charge on any atom is 0.177 e. The molecule has 5 heteroatoms. The largest absolute Gasteiger partial charge is 0.496 e. The number of hydrogen-bond donors (Lipinski definition) is 0. The van der Waals surface area contributed by atoms with Crippen molar-refractivity contribution in [1.29, 1.82) is 0 Å². The topological polar surface area (TPSA) is 38.8 Å². The van der Waals surface area contributed by atoms with Gasteiger partial charge in [-0.25, -0.2) is 0 Å². The standard InChI is InChI=1S/C21H27NO3S/c1-15-8-10-26-21(15)20(23)17-5-4-9-22(13-17)12-16-6-7-19(25-3)18(11-16)14-24-2/h6-8,10-11,17H,4-5,9,12-14H2,1-3H3. The fourth-order valence-corrected chi connectivity index (χ4v) is 4.63. The molecular weight excluding hydrogens is 346 g/mol. The number of benzene rings is 1. The van der Waals surface area contributed by atoms with Crippen LogP contribution in [0.2, 0.25) is 0 Å². The van der Waals surface area contributed by atoms with Gasteiger partial charge in [-0.15, -0.1) is 11.3 Å². The molecule has 3 rings (SSSR count). The first-order valence-electron chi connectivity index (χ1n) is 9.07. The highest BCUT2D eigenvalue weighted by molar-refractivity contribution is 7.12. The molecule has 4 nitrogen and oxygen atoms in total. The third kappa shape index (κ3) is 4.34. The highest BCUT2D eigenvalue weighted by Crippen LogP contribution is 2.27. The predicted molar refractivity (Wildman–Crippen MR) is 105 cm³/mol. The van der Waals surface area contributed by atoms with Crippen molar-refractivity contribution in [3.05, 3.63) is 51.2 Å². The Balaban J connectivity index is 1.68. The number of carbonyl (C=O) groups is 1. The second-order valence-corrected chi connectivity index (χ2v) is 7.87. The van der Waals surface area contributed by atoms with Gasteiger partial charge in [0.15, 0.2) is 5.78 Å². The van der Waals surface area contributed by atoms with Crippen molar-refractivity contribution in [2.24, 2.45) is 5.92 Å². The first kappa shape index (κ1) is 19.1. The summed E-state index contributed by atoms with van der Waals surface area (Å²) >= 11 is 1.57. The predicted octanol–water partition coefficient (Wildman–Crippen LogP) is 4.31. The van der Waals surface area contributed by atoms with E-state index >= 15 is 0 Å². The van der Waals surface area contributed by atoms with Crippen molar-refractivity contribution in [2.75, 3.05) is 27.3 Å². The van der Waals surface area contributed by atoms with E-state index in [4.69, 9.17) is 9.47 Å². The van der Waals surface area contributed by atoms with E-state index in [1.807, 2.05) is 24.4 Å². The van der Waals surface area contributed by atoms with Gasteiger partial charge in [-0.05, 0) is 61.0 Å². The molecule has 0 spiro atoms. The Hall–Kier alpha value is -1.69. The van der Waals surface area contributed by atoms with Gasteiger partial charge in [0.05, 0.1) is 18.6 Å². The summed E-state index contributed by atoms with van der Waals surface area (Å²) in [4.78, 5) is 16.2. The molecule has 1 aromatic carbocycles. The molecule has 1 aliphatic heterocycles. The minimum Gasteiger partial charge on any atom is -0.496 e. The Bertz CT molecular complexity index is 755. The van der Waals surface area contributed by atoms with Gasteiger partial charge in [0.2, 0.25) is 0 Å². The summed E-state index contributed by atoms with van der Waals surface area (Å²) in [6, 6.07) is 8.29. The quantitative estimate of drug-likeness (QED) is 0.678. The lowest BCUT2D eigenvalue weighted by Crippen LogP contribution is -2.38. The van der Waals surface area contributed by atoms with Gasteiger partial charge in [0.25, 0.3) is 0 Å². The number of hydrogen-bond acceptors (Lipinski definition) is 5. The van der Waals surface area contributed by atoms with Gasteiger partial charge >= 0.3 is 0 Å². The van der Waals surface area contributed by atoms with Crippen molar-refractivity contribution < 1.29 is 14.3 Å². The molecule has 0 aliphatic carbocycles. The molecule has 1 fully saturated rings. The summed E-state index contributed by atoms with van der Waals surface area (Å²) in [7, 11) is 3.38. The van der Waals surface area contributed by atoms with Gasteiger partial charge < -0.3 is 9.47 Å². The first-order chi connectivity index (χ1) is 12.6. The number of thiophene rings is 1. The van der Waals surface area contributed by atoms with E-state index in [1.54, 1.807) is 25.6 Å². The molecule has 0 bridgehead atoms. The van der Waals surface area contributed by atoms with E-state index in [0.717, 1.165) is 54.2 Å². The molecular formula is C21H27NO3S. The second-order valence-electron chi connectivity index (χ2n) is 6.95. The van der Waals surface area contributed by atoms with E-state index in [2.05, 4.69) is 17.0 Å². The van der Waals surface area contributed by atoms with Crippen LogP contribution in [0.5, 0.6) is 5.75 Å². The average molecular weight is 374 g/mol. The highest BCUT2D eigenvalue weighted by atomic mass is 32.1. The maximum absolute atomic E-state index is 12.9. The number of piperidine rings is 1. The number of Topliss-reactive ketones (excluding diaryl/α,β-unsaturated/α-hetero) is 1. The SMILES string of the molecule is COCc1cc(CN2CCCC(C(=O)c3sccc3C)C2)ccc1OC. The van der Waals surface area contributed by atoms with Crippen LogP contribution < -0.4 is 4.74 Å². The van der Waals surface area contributed by atoms with E-state index in [1.165, 1.54) is 5.56 Å². The summed E-state index contributed by atoms with van der Waals surface area (Å²) < 4.78 is 10.7. The highest BCUT2D eigenvalue weighted by Gasteiger charge is 2.28. The molecule has 0 N–H and O–H groups in total. The van der Waals surface area contributed by atoms with Crippen molar-refractivity contribution in [2.45, 2.75) is 32.9 Å². The van der Waals surface area contributed by atoms with E-state index in [-0.39, 0.29) is 5.92 Å². The Labute approximate surface area is 159 Å². The molecule has 0 amide bonds. The van der Waals surface area contributed by atoms with Crippen molar-refractivity contribution >= 4 is 17.1 Å². The van der Waals surface area contributed by atoms with Crippen LogP contribution in [0.4, 0.5) is 0 Å². The lowest BCUT2D eigenvalue weighted by molar-refractivity contribution is 0.0815. The summed E-state index contributed by atoms with van der Waals surface area (Å²) in [5.74, 6) is 1.28. The van der Waals surface area contributed by atoms with Crippen LogP contribution in [-0.2, 0) is 17.9 Å². The van der Waals surface area contributed by atoms with Crippen molar-refractivity contribution in [3.63, 3.8) is 0 Å². The van der Waals surface area contributed by atoms with Gasteiger partial charge in [0, 0.05) is 31.7 Å². The van der Waals surface area contributed by atoms with Crippen LogP contribution in [0.3, 0.4) is 0 Å². The molecule has 1 aliphatic rings. The van der Waals surface area contributed by atoms with Crippen molar-refractivity contribution in [3.8, 4) is 5.75 Å². The number of rotatable bonds is 7. The average Bonchev–Trinajstić information content (AvgIpc) is 3.08. The Morgan fingerprint density at radius 2 is 2.15 bits per heavy atom. The molecule has 0 radical (unpaired) electrons. The van der Waals surface area contributed by atoms with Crippen LogP contribution in [0.15, 0.2) is 29.6 Å². The van der Waals surface area contributed by atoms with Crippen LogP contribution in [0.1, 0.15) is 39.2 Å². The number of carbonyl (C=O) groups excluding carboxylic acids is 1. The molecule has 2 heterocycles. The van der Waals surface area contributed by atoms with Gasteiger partial charge in [0.1, 0.15) is 5.75 Å². The molecule has 140 valence electrons. The normalized spacial score (nSPS) is 18.0. The molecule has 26 heavy (non-hydrogen) atoms. The zero-order valence-corrected chi connectivity index (χ0v) is 16.6. The molecule has 1 aromatic heterocycles. The zero-order chi connectivity index (χ0) is 18.5. The Kier molecular flexibility index (Phi) is 6.46. The molecule has 1 saturated heterocycles. The van der Waals surface area contributed by atoms with Crippen LogP contribution in [0, 0.1) is 12.8 Å². The molecule has 2 aromatic rings. The Morgan fingerprint density at radius 1 is 1.31 bits per heavy atom. The zero-order valence-electron chi connectivity index (χ0n) is 15.8. The monoisotopic (exact) mass is 373 g/mol. The minimum atomic E-state index is 0.109. The maximum atomic E-state index is 12.9. The fraction of sp³-hybridized carbons (Fsp3) is 0.476. The van der Waals surface area contributed by atoms with E-state index in [9.17, 15) is 4.79 Å². The molecule has 1 unspecified atom stereocenters. The number of ether oxygens (including phenoxy) is 2. The van der Waals surface area contributed by atoms with Crippen molar-refractivity contribution in [1.82, 2.24) is 4.90 Å². The fourth-order valence-electron chi connectivity index (χ4n) is 3.68. The number of likely N-dealkylation sites (tertiary alicyclic amines) is 1. The molecule has 1 atom stereocenters. The summed E-state index contributed by atoms with van der Waals surface area (Å²) in [5.41, 5.74) is 3.40. The summed E-state index contributed by atoms with van der Waals surface area (Å²) in [5, 5.41) is 2.01. The van der Waals surface area contributed by atoms with Gasteiger partial charge in [-0.1, -0.05) is 6.07 Å². The number of nitrogens with zero attached hydrogens (tertiary/aromatic N) is 1. The van der Waals surface area contributed by atoms with Crippen LogP contribution in [0.25, 0.3) is 0 Å². The third-order valence-electron chi connectivity index (χ3n) is 5.01. The summed E-state index contributed by atoms with van der Waals surface area (Å²) in [6.45, 7) is 5.30. The number of methoxy groups -OCH3 is 2. The van der Waals surface area contributed by atoms with Crippen LogP contribution in [-0.4, -0.2) is 38.0 Å². The summed E-state index contributed by atoms with van der Waals surface area (Å²) in [6.07, 6.45) is 2.06. The van der Waals surface area contributed by atoms with Gasteiger partial charge in [-0.2, -0.15) is 0 Å². The van der Waals surface area contributed by atoms with Crippen LogP contribution >= 0.6 is 11.3 Å². The first-order valence-corrected chi connectivity index (χ1v) is 9.95.